The largest absolute Gasteiger partial charge is 0.381 e. The van der Waals surface area contributed by atoms with E-state index in [0.29, 0.717) is 11.7 Å². The summed E-state index contributed by atoms with van der Waals surface area (Å²) in [7, 11) is 0. The second-order valence-corrected chi connectivity index (χ2v) is 3.81. The van der Waals surface area contributed by atoms with E-state index in [1.54, 1.807) is 12.3 Å². The summed E-state index contributed by atoms with van der Waals surface area (Å²) in [5.41, 5.74) is 1.47. The molecule has 0 spiro atoms. The molecule has 1 saturated carbocycles. The number of nitriles is 1. The monoisotopic (exact) mass is 187 g/mol. The third-order valence-electron chi connectivity index (χ3n) is 2.60. The third-order valence-corrected chi connectivity index (χ3v) is 2.60. The molecule has 0 aromatic carbocycles. The molecule has 0 amide bonds. The minimum Gasteiger partial charge on any atom is -0.381 e. The van der Waals surface area contributed by atoms with Crippen molar-refractivity contribution in [2.45, 2.75) is 25.8 Å². The minimum absolute atomic E-state index is 0.467. The van der Waals surface area contributed by atoms with Crippen LogP contribution in [0.1, 0.15) is 25.5 Å². The predicted molar refractivity (Wildman–Crippen MR) is 54.8 cm³/mol. The Balaban J connectivity index is 1.99. The van der Waals surface area contributed by atoms with Crippen LogP contribution in [-0.2, 0) is 0 Å². The quantitative estimate of drug-likeness (QED) is 0.788. The second-order valence-electron chi connectivity index (χ2n) is 3.81. The fraction of sp³-hybridized carbons (Fsp3) is 0.455. The van der Waals surface area contributed by atoms with Gasteiger partial charge in [-0.2, -0.15) is 5.26 Å². The molecule has 1 aromatic rings. The van der Waals surface area contributed by atoms with Gasteiger partial charge in [-0.3, -0.25) is 0 Å². The Kier molecular flexibility index (Phi) is 2.36. The van der Waals surface area contributed by atoms with Crippen LogP contribution in [0.2, 0.25) is 0 Å². The molecule has 1 heterocycles. The highest BCUT2D eigenvalue weighted by Gasteiger charge is 2.27. The normalized spacial score (nSPS) is 17.1. The van der Waals surface area contributed by atoms with Crippen LogP contribution in [0.5, 0.6) is 0 Å². The first-order chi connectivity index (χ1) is 6.79. The van der Waals surface area contributed by atoms with Crippen molar-refractivity contribution in [3.8, 4) is 6.07 Å². The van der Waals surface area contributed by atoms with E-state index < -0.39 is 0 Å². The van der Waals surface area contributed by atoms with Crippen LogP contribution >= 0.6 is 0 Å². The average Bonchev–Trinajstić information content (AvgIpc) is 3.02. The zero-order valence-electron chi connectivity index (χ0n) is 8.20. The highest BCUT2D eigenvalue weighted by atomic mass is 14.9. The second kappa shape index (κ2) is 3.67. The van der Waals surface area contributed by atoms with Gasteiger partial charge in [0, 0.05) is 6.04 Å². The first-order valence-corrected chi connectivity index (χ1v) is 4.92. The Morgan fingerprint density at radius 2 is 2.36 bits per heavy atom. The van der Waals surface area contributed by atoms with Gasteiger partial charge in [0.1, 0.15) is 11.8 Å². The Bertz CT molecular complexity index is 346. The summed E-state index contributed by atoms with van der Waals surface area (Å²) in [6.45, 7) is 2.19. The minimum atomic E-state index is 0.467. The molecule has 1 atom stereocenters. The smallest absolute Gasteiger partial charge is 0.140 e. The summed E-state index contributed by atoms with van der Waals surface area (Å²) < 4.78 is 0. The molecule has 1 unspecified atom stereocenters. The number of rotatable bonds is 3. The molecule has 1 fully saturated rings. The third kappa shape index (κ3) is 2.02. The highest BCUT2D eigenvalue weighted by Crippen LogP contribution is 2.33. The fourth-order valence-corrected chi connectivity index (χ4v) is 1.52. The van der Waals surface area contributed by atoms with Gasteiger partial charge in [-0.1, -0.05) is 0 Å². The first-order valence-electron chi connectivity index (χ1n) is 4.92. The molecule has 14 heavy (non-hydrogen) atoms. The summed E-state index contributed by atoms with van der Waals surface area (Å²) in [6, 6.07) is 6.17. The van der Waals surface area contributed by atoms with Gasteiger partial charge < -0.3 is 5.32 Å². The van der Waals surface area contributed by atoms with Gasteiger partial charge in [0.05, 0.1) is 11.9 Å². The molecule has 1 aliphatic rings. The van der Waals surface area contributed by atoms with Crippen LogP contribution in [0, 0.1) is 17.2 Å². The van der Waals surface area contributed by atoms with Crippen molar-refractivity contribution in [3.63, 3.8) is 0 Å². The molecule has 1 aromatic heterocycles. The lowest BCUT2D eigenvalue weighted by Crippen LogP contribution is -2.17. The van der Waals surface area contributed by atoms with Crippen LogP contribution < -0.4 is 5.32 Å². The number of hydrogen-bond acceptors (Lipinski definition) is 3. The Morgan fingerprint density at radius 3 is 2.86 bits per heavy atom. The predicted octanol–water partition coefficient (Wildman–Crippen LogP) is 2.16. The lowest BCUT2D eigenvalue weighted by molar-refractivity contribution is 0.694. The summed E-state index contributed by atoms with van der Waals surface area (Å²) in [5, 5.41) is 12.0. The van der Waals surface area contributed by atoms with Crippen molar-refractivity contribution < 1.29 is 0 Å². The molecule has 0 bridgehead atoms. The average molecular weight is 187 g/mol. The first kappa shape index (κ1) is 9.01. The summed E-state index contributed by atoms with van der Waals surface area (Å²) in [6.07, 6.45) is 4.38. The maximum atomic E-state index is 8.58. The van der Waals surface area contributed by atoms with Gasteiger partial charge in [0.2, 0.25) is 0 Å². The number of pyridine rings is 1. The van der Waals surface area contributed by atoms with Crippen molar-refractivity contribution in [2.24, 2.45) is 5.92 Å². The standard InChI is InChI=1S/C11H13N3/c1-8(9-2-3-9)14-11-5-4-10(6-12)13-7-11/h4-5,7-9,14H,2-3H2,1H3. The van der Waals surface area contributed by atoms with E-state index in [-0.39, 0.29) is 0 Å². The van der Waals surface area contributed by atoms with Crippen molar-refractivity contribution in [1.29, 1.82) is 5.26 Å². The fourth-order valence-electron chi connectivity index (χ4n) is 1.52. The lowest BCUT2D eigenvalue weighted by Gasteiger charge is -2.13. The molecule has 3 heteroatoms. The summed E-state index contributed by atoms with van der Waals surface area (Å²) in [4.78, 5) is 4.01. The Morgan fingerprint density at radius 1 is 1.57 bits per heavy atom. The molecule has 1 aliphatic carbocycles. The molecule has 2 rings (SSSR count). The number of nitrogens with one attached hydrogen (secondary N) is 1. The number of aromatic nitrogens is 1. The van der Waals surface area contributed by atoms with Gasteiger partial charge in [-0.15, -0.1) is 0 Å². The van der Waals surface area contributed by atoms with E-state index in [9.17, 15) is 0 Å². The summed E-state index contributed by atoms with van der Waals surface area (Å²) in [5.74, 6) is 0.825. The van der Waals surface area contributed by atoms with E-state index in [1.807, 2.05) is 12.1 Å². The van der Waals surface area contributed by atoms with Gasteiger partial charge >= 0.3 is 0 Å². The SMILES string of the molecule is CC(Nc1ccc(C#N)nc1)C1CC1. The zero-order chi connectivity index (χ0) is 9.97. The molecule has 0 radical (unpaired) electrons. The van der Waals surface area contributed by atoms with E-state index in [0.717, 1.165) is 11.6 Å². The van der Waals surface area contributed by atoms with E-state index in [4.69, 9.17) is 5.26 Å². The maximum Gasteiger partial charge on any atom is 0.140 e. The summed E-state index contributed by atoms with van der Waals surface area (Å²) >= 11 is 0. The molecule has 3 nitrogen and oxygen atoms in total. The van der Waals surface area contributed by atoms with Crippen molar-refractivity contribution in [3.05, 3.63) is 24.0 Å². The van der Waals surface area contributed by atoms with Gasteiger partial charge in [-0.05, 0) is 37.8 Å². The van der Waals surface area contributed by atoms with E-state index in [1.165, 1.54) is 12.8 Å². The molecular weight excluding hydrogens is 174 g/mol. The molecule has 1 N–H and O–H groups in total. The maximum absolute atomic E-state index is 8.58. The molecular formula is C11H13N3. The van der Waals surface area contributed by atoms with Crippen molar-refractivity contribution in [2.75, 3.05) is 5.32 Å². The van der Waals surface area contributed by atoms with Crippen molar-refractivity contribution in [1.82, 2.24) is 4.98 Å². The number of anilines is 1. The van der Waals surface area contributed by atoms with E-state index in [2.05, 4.69) is 17.2 Å². The molecule has 72 valence electrons. The number of hydrogen-bond donors (Lipinski definition) is 1. The highest BCUT2D eigenvalue weighted by molar-refractivity contribution is 5.43. The topological polar surface area (TPSA) is 48.7 Å². The lowest BCUT2D eigenvalue weighted by atomic mass is 10.2. The van der Waals surface area contributed by atoms with Crippen LogP contribution in [0.15, 0.2) is 18.3 Å². The van der Waals surface area contributed by atoms with Gasteiger partial charge in [0.15, 0.2) is 0 Å². The zero-order valence-corrected chi connectivity index (χ0v) is 8.20. The van der Waals surface area contributed by atoms with E-state index >= 15 is 0 Å². The van der Waals surface area contributed by atoms with Crippen LogP contribution in [0.3, 0.4) is 0 Å². The Labute approximate surface area is 83.8 Å². The Hall–Kier alpha value is -1.56. The van der Waals surface area contributed by atoms with Crippen molar-refractivity contribution >= 4 is 5.69 Å². The van der Waals surface area contributed by atoms with Gasteiger partial charge in [-0.25, -0.2) is 4.98 Å². The van der Waals surface area contributed by atoms with Crippen LogP contribution in [-0.4, -0.2) is 11.0 Å². The molecule has 0 aliphatic heterocycles. The van der Waals surface area contributed by atoms with Gasteiger partial charge in [0.25, 0.3) is 0 Å². The number of nitrogens with zero attached hydrogens (tertiary/aromatic N) is 2. The van der Waals surface area contributed by atoms with Crippen LogP contribution in [0.4, 0.5) is 5.69 Å². The molecule has 0 saturated heterocycles. The van der Waals surface area contributed by atoms with Crippen LogP contribution in [0.25, 0.3) is 0 Å².